The van der Waals surface area contributed by atoms with Crippen LogP contribution in [-0.4, -0.2) is 35.6 Å². The molecule has 1 amide bonds. The summed E-state index contributed by atoms with van der Waals surface area (Å²) in [6, 6.07) is 2.54. The number of halogens is 1. The molecule has 0 saturated carbocycles. The molecule has 0 fully saturated rings. The molecule has 7 heteroatoms. The zero-order valence-electron chi connectivity index (χ0n) is 13.5. The van der Waals surface area contributed by atoms with Gasteiger partial charge in [-0.2, -0.15) is 11.8 Å². The van der Waals surface area contributed by atoms with Gasteiger partial charge in [-0.1, -0.05) is 19.9 Å². The summed E-state index contributed by atoms with van der Waals surface area (Å²) in [6.45, 7) is 4.19. The molecule has 0 aliphatic rings. The van der Waals surface area contributed by atoms with Gasteiger partial charge in [-0.05, 0) is 35.8 Å². The topological polar surface area (TPSA) is 75.6 Å². The Kier molecular flexibility index (Phi) is 7.88. The summed E-state index contributed by atoms with van der Waals surface area (Å²) in [5, 5.41) is 11.7. The van der Waals surface area contributed by atoms with E-state index < -0.39 is 17.8 Å². The SMILES string of the molecule is COc1ccc(C(NC(=O)CSCCC(C)C)C(=O)O)cc1F. The molecule has 128 valence electrons. The van der Waals surface area contributed by atoms with Crippen molar-refractivity contribution in [1.82, 2.24) is 5.32 Å². The zero-order chi connectivity index (χ0) is 17.4. The number of rotatable bonds is 9. The molecule has 0 aliphatic carbocycles. The Bertz CT molecular complexity index is 551. The van der Waals surface area contributed by atoms with E-state index in [4.69, 9.17) is 4.74 Å². The normalized spacial score (nSPS) is 12.0. The molecule has 2 N–H and O–H groups in total. The molecule has 1 rings (SSSR count). The first-order valence-corrected chi connectivity index (χ1v) is 8.44. The van der Waals surface area contributed by atoms with Crippen LogP contribution in [0.4, 0.5) is 4.39 Å². The molecule has 0 bridgehead atoms. The Balaban J connectivity index is 2.66. The second-order valence-electron chi connectivity index (χ2n) is 5.47. The number of benzene rings is 1. The monoisotopic (exact) mass is 343 g/mol. The largest absolute Gasteiger partial charge is 0.494 e. The van der Waals surface area contributed by atoms with Crippen molar-refractivity contribution in [1.29, 1.82) is 0 Å². The van der Waals surface area contributed by atoms with Crippen molar-refractivity contribution in [2.75, 3.05) is 18.6 Å². The number of thioether (sulfide) groups is 1. The van der Waals surface area contributed by atoms with Crippen LogP contribution in [0.3, 0.4) is 0 Å². The van der Waals surface area contributed by atoms with Crippen molar-refractivity contribution in [2.45, 2.75) is 26.3 Å². The smallest absolute Gasteiger partial charge is 0.330 e. The lowest BCUT2D eigenvalue weighted by molar-refractivity contribution is -0.141. The van der Waals surface area contributed by atoms with Crippen LogP contribution >= 0.6 is 11.8 Å². The molecular formula is C16H22FNO4S. The highest BCUT2D eigenvalue weighted by molar-refractivity contribution is 7.99. The summed E-state index contributed by atoms with van der Waals surface area (Å²) in [6.07, 6.45) is 0.990. The van der Waals surface area contributed by atoms with E-state index in [1.807, 2.05) is 0 Å². The predicted octanol–water partition coefficient (Wildman–Crippen LogP) is 2.86. The van der Waals surface area contributed by atoms with Gasteiger partial charge in [0.15, 0.2) is 17.6 Å². The van der Waals surface area contributed by atoms with Crippen molar-refractivity contribution in [3.05, 3.63) is 29.6 Å². The van der Waals surface area contributed by atoms with Crippen LogP contribution in [0, 0.1) is 11.7 Å². The number of hydrogen-bond acceptors (Lipinski definition) is 4. The van der Waals surface area contributed by atoms with Gasteiger partial charge in [0.1, 0.15) is 0 Å². The summed E-state index contributed by atoms with van der Waals surface area (Å²) in [4.78, 5) is 23.2. The van der Waals surface area contributed by atoms with E-state index in [1.165, 1.54) is 31.0 Å². The summed E-state index contributed by atoms with van der Waals surface area (Å²) >= 11 is 1.45. The average Bonchev–Trinajstić information content (AvgIpc) is 2.48. The van der Waals surface area contributed by atoms with Crippen molar-refractivity contribution >= 4 is 23.6 Å². The number of amides is 1. The highest BCUT2D eigenvalue weighted by Gasteiger charge is 2.23. The summed E-state index contributed by atoms with van der Waals surface area (Å²) < 4.78 is 18.5. The van der Waals surface area contributed by atoms with E-state index in [1.54, 1.807) is 0 Å². The van der Waals surface area contributed by atoms with E-state index in [2.05, 4.69) is 19.2 Å². The van der Waals surface area contributed by atoms with Gasteiger partial charge in [0.25, 0.3) is 0 Å². The van der Waals surface area contributed by atoms with Gasteiger partial charge in [-0.25, -0.2) is 9.18 Å². The third kappa shape index (κ3) is 6.48. The minimum absolute atomic E-state index is 0.0217. The number of methoxy groups -OCH3 is 1. The van der Waals surface area contributed by atoms with Crippen LogP contribution in [-0.2, 0) is 9.59 Å². The van der Waals surface area contributed by atoms with Crippen molar-refractivity contribution < 1.29 is 23.8 Å². The average molecular weight is 343 g/mol. The van der Waals surface area contributed by atoms with Crippen molar-refractivity contribution in [2.24, 2.45) is 5.92 Å². The fourth-order valence-corrected chi connectivity index (χ4v) is 2.89. The van der Waals surface area contributed by atoms with Crippen molar-refractivity contribution in [3.63, 3.8) is 0 Å². The van der Waals surface area contributed by atoms with E-state index in [0.717, 1.165) is 18.2 Å². The van der Waals surface area contributed by atoms with Gasteiger partial charge < -0.3 is 15.2 Å². The lowest BCUT2D eigenvalue weighted by Gasteiger charge is -2.15. The third-order valence-electron chi connectivity index (χ3n) is 3.13. The van der Waals surface area contributed by atoms with E-state index in [0.29, 0.717) is 5.92 Å². The van der Waals surface area contributed by atoms with E-state index >= 15 is 0 Å². The number of carboxylic acid groups (broad SMARTS) is 1. The second-order valence-corrected chi connectivity index (χ2v) is 6.57. The molecule has 1 atom stereocenters. The molecule has 0 saturated heterocycles. The number of carboxylic acids is 1. The molecule has 1 aromatic rings. The van der Waals surface area contributed by atoms with Gasteiger partial charge >= 0.3 is 5.97 Å². The molecule has 1 aromatic carbocycles. The van der Waals surface area contributed by atoms with Gasteiger partial charge in [0.05, 0.1) is 12.9 Å². The highest BCUT2D eigenvalue weighted by atomic mass is 32.2. The number of carbonyl (C=O) groups excluding carboxylic acids is 1. The number of hydrogen-bond donors (Lipinski definition) is 2. The molecule has 23 heavy (non-hydrogen) atoms. The molecule has 0 radical (unpaired) electrons. The van der Waals surface area contributed by atoms with Crippen molar-refractivity contribution in [3.8, 4) is 5.75 Å². The Hall–Kier alpha value is -1.76. The molecular weight excluding hydrogens is 321 g/mol. The lowest BCUT2D eigenvalue weighted by atomic mass is 10.1. The predicted molar refractivity (Wildman–Crippen MR) is 88.3 cm³/mol. The first-order valence-electron chi connectivity index (χ1n) is 7.28. The maximum Gasteiger partial charge on any atom is 0.330 e. The minimum atomic E-state index is -1.28. The summed E-state index contributed by atoms with van der Waals surface area (Å²) in [5.74, 6) is -0.711. The van der Waals surface area contributed by atoms with Crippen LogP contribution < -0.4 is 10.1 Å². The lowest BCUT2D eigenvalue weighted by Crippen LogP contribution is -2.35. The number of aliphatic carboxylic acids is 1. The fourth-order valence-electron chi connectivity index (χ4n) is 1.84. The van der Waals surface area contributed by atoms with Gasteiger partial charge in [0, 0.05) is 0 Å². The summed E-state index contributed by atoms with van der Waals surface area (Å²) in [7, 11) is 1.32. The number of carbonyl (C=O) groups is 2. The fraction of sp³-hybridized carbons (Fsp3) is 0.500. The first kappa shape index (κ1) is 19.3. The van der Waals surface area contributed by atoms with Gasteiger partial charge in [-0.3, -0.25) is 4.79 Å². The molecule has 0 heterocycles. The first-order chi connectivity index (χ1) is 10.8. The van der Waals surface area contributed by atoms with Crippen LogP contribution in [0.25, 0.3) is 0 Å². The summed E-state index contributed by atoms with van der Waals surface area (Å²) in [5.41, 5.74) is 0.163. The second kappa shape index (κ2) is 9.39. The highest BCUT2D eigenvalue weighted by Crippen LogP contribution is 2.22. The van der Waals surface area contributed by atoms with Crippen LogP contribution in [0.15, 0.2) is 18.2 Å². The molecule has 0 spiro atoms. The molecule has 0 aliphatic heterocycles. The third-order valence-corrected chi connectivity index (χ3v) is 4.12. The standard InChI is InChI=1S/C16H22FNO4S/c1-10(2)6-7-23-9-14(19)18-15(16(20)21)11-4-5-13(22-3)12(17)8-11/h4-5,8,10,15H,6-7,9H2,1-3H3,(H,18,19)(H,20,21). The van der Waals surface area contributed by atoms with E-state index in [-0.39, 0.29) is 23.0 Å². The Morgan fingerprint density at radius 2 is 2.09 bits per heavy atom. The number of ether oxygens (including phenoxy) is 1. The van der Waals surface area contributed by atoms with Gasteiger partial charge in [-0.15, -0.1) is 0 Å². The zero-order valence-corrected chi connectivity index (χ0v) is 14.3. The minimum Gasteiger partial charge on any atom is -0.494 e. The maximum absolute atomic E-state index is 13.7. The quantitative estimate of drug-likeness (QED) is 0.674. The van der Waals surface area contributed by atoms with Crippen LogP contribution in [0.2, 0.25) is 0 Å². The Labute approximate surface area is 139 Å². The Morgan fingerprint density at radius 3 is 2.61 bits per heavy atom. The maximum atomic E-state index is 13.7. The molecule has 1 unspecified atom stereocenters. The molecule has 0 aromatic heterocycles. The van der Waals surface area contributed by atoms with Crippen LogP contribution in [0.5, 0.6) is 5.75 Å². The van der Waals surface area contributed by atoms with E-state index in [9.17, 15) is 19.1 Å². The Morgan fingerprint density at radius 1 is 1.39 bits per heavy atom. The van der Waals surface area contributed by atoms with Gasteiger partial charge in [0.2, 0.25) is 5.91 Å². The number of nitrogens with one attached hydrogen (secondary N) is 1. The van der Waals surface area contributed by atoms with Crippen LogP contribution in [0.1, 0.15) is 31.9 Å². The molecule has 5 nitrogen and oxygen atoms in total.